The van der Waals surface area contributed by atoms with E-state index in [0.717, 1.165) is 16.2 Å². The summed E-state index contributed by atoms with van der Waals surface area (Å²) in [6.07, 6.45) is 0. The molecule has 1 aromatic heterocycles. The second-order valence-electron chi connectivity index (χ2n) is 3.36. The molecule has 0 aliphatic rings. The predicted molar refractivity (Wildman–Crippen MR) is 73.1 cm³/mol. The van der Waals surface area contributed by atoms with E-state index in [1.807, 2.05) is 24.3 Å². The van der Waals surface area contributed by atoms with E-state index in [1.165, 1.54) is 18.4 Å². The number of hydrogen-bond acceptors (Lipinski definition) is 5. The third-order valence-electron chi connectivity index (χ3n) is 2.33. The number of methoxy groups -OCH3 is 2. The minimum atomic E-state index is -0.442. The Kier molecular flexibility index (Phi) is 3.98. The zero-order chi connectivity index (χ0) is 13.1. The van der Waals surface area contributed by atoms with Crippen molar-refractivity contribution >= 4 is 33.2 Å². The molecule has 0 fully saturated rings. The fraction of sp³-hybridized carbons (Fsp3) is 0.167. The van der Waals surface area contributed by atoms with Crippen LogP contribution in [0.15, 0.2) is 28.2 Å². The summed E-state index contributed by atoms with van der Waals surface area (Å²) in [4.78, 5) is 16.5. The van der Waals surface area contributed by atoms with Crippen molar-refractivity contribution in [2.24, 2.45) is 0 Å². The molecule has 1 aromatic carbocycles. The molecule has 0 spiro atoms. The maximum Gasteiger partial charge on any atom is 0.358 e. The van der Waals surface area contributed by atoms with Crippen LogP contribution in [-0.4, -0.2) is 25.2 Å². The van der Waals surface area contributed by atoms with Gasteiger partial charge in [0.05, 0.1) is 19.1 Å². The largest absolute Gasteiger partial charge is 0.497 e. The standard InChI is InChI=1S/C12H10BrNO3S/c1-16-8-5-3-7(4-6-8)10-9(11(15)17-2)14-12(13)18-10/h3-6H,1-2H3. The van der Waals surface area contributed by atoms with Crippen molar-refractivity contribution in [1.82, 2.24) is 4.98 Å². The first-order chi connectivity index (χ1) is 8.65. The zero-order valence-corrected chi connectivity index (χ0v) is 12.2. The molecule has 94 valence electrons. The molecule has 1 heterocycles. The molecule has 0 saturated heterocycles. The molecule has 0 bridgehead atoms. The average Bonchev–Trinajstić information content (AvgIpc) is 2.80. The summed E-state index contributed by atoms with van der Waals surface area (Å²) in [6, 6.07) is 7.44. The molecule has 2 aromatic rings. The Morgan fingerprint density at radius 3 is 2.50 bits per heavy atom. The van der Waals surface area contributed by atoms with Crippen LogP contribution in [0.1, 0.15) is 10.5 Å². The Morgan fingerprint density at radius 2 is 1.94 bits per heavy atom. The smallest absolute Gasteiger partial charge is 0.358 e. The highest BCUT2D eigenvalue weighted by atomic mass is 79.9. The van der Waals surface area contributed by atoms with E-state index >= 15 is 0 Å². The predicted octanol–water partition coefficient (Wildman–Crippen LogP) is 3.37. The summed E-state index contributed by atoms with van der Waals surface area (Å²) in [5.74, 6) is 0.324. The van der Waals surface area contributed by atoms with Gasteiger partial charge in [0.15, 0.2) is 9.61 Å². The van der Waals surface area contributed by atoms with Crippen LogP contribution in [0.5, 0.6) is 5.75 Å². The molecule has 0 radical (unpaired) electrons. The van der Waals surface area contributed by atoms with Crippen molar-refractivity contribution in [3.63, 3.8) is 0 Å². The minimum Gasteiger partial charge on any atom is -0.497 e. The number of hydrogen-bond donors (Lipinski definition) is 0. The Hall–Kier alpha value is -1.40. The van der Waals surface area contributed by atoms with E-state index in [0.29, 0.717) is 9.61 Å². The van der Waals surface area contributed by atoms with E-state index in [1.54, 1.807) is 7.11 Å². The maximum atomic E-state index is 11.6. The van der Waals surface area contributed by atoms with Gasteiger partial charge in [-0.05, 0) is 45.8 Å². The maximum absolute atomic E-state index is 11.6. The molecule has 0 amide bonds. The van der Waals surface area contributed by atoms with E-state index in [-0.39, 0.29) is 0 Å². The van der Waals surface area contributed by atoms with Crippen LogP contribution < -0.4 is 4.74 Å². The summed E-state index contributed by atoms with van der Waals surface area (Å²) in [7, 11) is 2.95. The molecule has 2 rings (SSSR count). The quantitative estimate of drug-likeness (QED) is 0.811. The number of rotatable bonds is 3. The first-order valence-electron chi connectivity index (χ1n) is 5.04. The highest BCUT2D eigenvalue weighted by molar-refractivity contribution is 9.11. The fourth-order valence-corrected chi connectivity index (χ4v) is 2.91. The Morgan fingerprint density at radius 1 is 1.28 bits per heavy atom. The number of halogens is 1. The normalized spacial score (nSPS) is 10.2. The lowest BCUT2D eigenvalue weighted by atomic mass is 10.1. The van der Waals surface area contributed by atoms with Gasteiger partial charge in [-0.1, -0.05) is 0 Å². The van der Waals surface area contributed by atoms with Crippen LogP contribution in [0.4, 0.5) is 0 Å². The monoisotopic (exact) mass is 327 g/mol. The first-order valence-corrected chi connectivity index (χ1v) is 6.65. The lowest BCUT2D eigenvalue weighted by molar-refractivity contribution is 0.0595. The number of benzene rings is 1. The Balaban J connectivity index is 2.45. The number of carbonyl (C=O) groups excluding carboxylic acids is 1. The van der Waals surface area contributed by atoms with Gasteiger partial charge in [0, 0.05) is 0 Å². The average molecular weight is 328 g/mol. The molecule has 4 nitrogen and oxygen atoms in total. The van der Waals surface area contributed by atoms with Gasteiger partial charge in [0.2, 0.25) is 0 Å². The SMILES string of the molecule is COC(=O)c1nc(Br)sc1-c1ccc(OC)cc1. The van der Waals surface area contributed by atoms with Crippen molar-refractivity contribution in [3.05, 3.63) is 33.9 Å². The topological polar surface area (TPSA) is 48.4 Å². The van der Waals surface area contributed by atoms with Gasteiger partial charge in [0.25, 0.3) is 0 Å². The molecule has 0 atom stereocenters. The number of ether oxygens (including phenoxy) is 2. The van der Waals surface area contributed by atoms with Crippen LogP contribution in [-0.2, 0) is 4.74 Å². The van der Waals surface area contributed by atoms with E-state index in [9.17, 15) is 4.79 Å². The molecular weight excluding hydrogens is 318 g/mol. The number of carbonyl (C=O) groups is 1. The number of aromatic nitrogens is 1. The van der Waals surface area contributed by atoms with Crippen LogP contribution in [0.2, 0.25) is 0 Å². The highest BCUT2D eigenvalue weighted by Gasteiger charge is 2.19. The van der Waals surface area contributed by atoms with Crippen molar-refractivity contribution < 1.29 is 14.3 Å². The molecule has 0 aliphatic carbocycles. The van der Waals surface area contributed by atoms with Crippen molar-refractivity contribution in [3.8, 4) is 16.2 Å². The second kappa shape index (κ2) is 5.49. The van der Waals surface area contributed by atoms with Crippen molar-refractivity contribution in [2.45, 2.75) is 0 Å². The number of thiazole rings is 1. The van der Waals surface area contributed by atoms with Crippen molar-refractivity contribution in [1.29, 1.82) is 0 Å². The van der Waals surface area contributed by atoms with Crippen LogP contribution in [0, 0.1) is 0 Å². The molecule has 0 aliphatic heterocycles. The zero-order valence-electron chi connectivity index (χ0n) is 9.77. The van der Waals surface area contributed by atoms with Gasteiger partial charge in [-0.3, -0.25) is 0 Å². The third kappa shape index (κ3) is 2.54. The number of nitrogens with zero attached hydrogens (tertiary/aromatic N) is 1. The van der Waals surface area contributed by atoms with Gasteiger partial charge < -0.3 is 9.47 Å². The molecular formula is C12H10BrNO3S. The summed E-state index contributed by atoms with van der Waals surface area (Å²) in [6.45, 7) is 0. The molecule has 0 N–H and O–H groups in total. The summed E-state index contributed by atoms with van der Waals surface area (Å²) in [5.41, 5.74) is 1.22. The van der Waals surface area contributed by atoms with Gasteiger partial charge in [-0.15, -0.1) is 11.3 Å². The third-order valence-corrected chi connectivity index (χ3v) is 3.89. The lowest BCUT2D eigenvalue weighted by Crippen LogP contribution is -2.03. The van der Waals surface area contributed by atoms with E-state index in [4.69, 9.17) is 9.47 Å². The summed E-state index contributed by atoms with van der Waals surface area (Å²) in [5, 5.41) is 0. The van der Waals surface area contributed by atoms with Crippen LogP contribution in [0.25, 0.3) is 10.4 Å². The van der Waals surface area contributed by atoms with Crippen molar-refractivity contribution in [2.75, 3.05) is 14.2 Å². The second-order valence-corrected chi connectivity index (χ2v) is 5.64. The van der Waals surface area contributed by atoms with E-state index < -0.39 is 5.97 Å². The Labute approximate surface area is 117 Å². The summed E-state index contributed by atoms with van der Waals surface area (Å²) < 4.78 is 10.5. The van der Waals surface area contributed by atoms with Crippen LogP contribution >= 0.6 is 27.3 Å². The Bertz CT molecular complexity index is 565. The molecule has 6 heteroatoms. The minimum absolute atomic E-state index is 0.319. The van der Waals surface area contributed by atoms with Crippen LogP contribution in [0.3, 0.4) is 0 Å². The number of esters is 1. The van der Waals surface area contributed by atoms with Gasteiger partial charge >= 0.3 is 5.97 Å². The van der Waals surface area contributed by atoms with Gasteiger partial charge in [0.1, 0.15) is 5.75 Å². The van der Waals surface area contributed by atoms with Gasteiger partial charge in [-0.25, -0.2) is 9.78 Å². The lowest BCUT2D eigenvalue weighted by Gasteiger charge is -2.03. The summed E-state index contributed by atoms with van der Waals surface area (Å²) >= 11 is 4.67. The highest BCUT2D eigenvalue weighted by Crippen LogP contribution is 2.34. The first kappa shape index (κ1) is 13.0. The molecule has 0 saturated carbocycles. The fourth-order valence-electron chi connectivity index (χ4n) is 1.47. The molecule has 18 heavy (non-hydrogen) atoms. The van der Waals surface area contributed by atoms with Gasteiger partial charge in [-0.2, -0.15) is 0 Å². The molecule has 0 unspecified atom stereocenters. The van der Waals surface area contributed by atoms with E-state index in [2.05, 4.69) is 20.9 Å².